The predicted octanol–water partition coefficient (Wildman–Crippen LogP) is 24.4. The van der Waals surface area contributed by atoms with Crippen LogP contribution in [0.2, 0.25) is 0 Å². The van der Waals surface area contributed by atoms with Crippen LogP contribution in [0.4, 0.5) is 28.4 Å². The second-order valence-corrected chi connectivity index (χ2v) is 46.7. The maximum Gasteiger partial charge on any atom is 0.229 e. The number of amides is 2. The molecule has 10 N–H and O–H groups in total. The molecule has 2 aliphatic heterocycles. The smallest absolute Gasteiger partial charge is 0.229 e. The molecule has 0 radical (unpaired) electrons. The van der Waals surface area contributed by atoms with Crippen molar-refractivity contribution < 1.29 is 19.1 Å². The van der Waals surface area contributed by atoms with Gasteiger partial charge in [-0.3, -0.25) is 20.2 Å². The Morgan fingerprint density at radius 2 is 0.589 bits per heavy atom. The van der Waals surface area contributed by atoms with Crippen molar-refractivity contribution in [1.29, 1.82) is 0 Å². The molecule has 0 spiro atoms. The van der Waals surface area contributed by atoms with E-state index in [1.165, 1.54) is 333 Å². The Labute approximate surface area is 846 Å². The minimum absolute atomic E-state index is 0.0628. The molecule has 5 aromatic rings. The molecule has 21 fully saturated rings. The zero-order chi connectivity index (χ0) is 95.9. The zero-order valence-corrected chi connectivity index (χ0v) is 86.0. The maximum absolute atomic E-state index is 12.6. The number of para-hydroxylation sites is 5. The fraction of sp³-hybridized carbons (Fsp3) is 0.681. The first-order valence-corrected chi connectivity index (χ1v) is 57.4. The molecule has 12 bridgehead atoms. The molecule has 26 rings (SSSR count). The number of guanidine groups is 6. The molecule has 5 aromatic carbocycles. The summed E-state index contributed by atoms with van der Waals surface area (Å²) in [5.41, 5.74) is 5.47. The van der Waals surface area contributed by atoms with Crippen molar-refractivity contribution in [2.75, 3.05) is 68.6 Å². The highest BCUT2D eigenvalue weighted by atomic mass is 16.5. The van der Waals surface area contributed by atoms with Crippen LogP contribution in [-0.4, -0.2) is 163 Å². The summed E-state index contributed by atoms with van der Waals surface area (Å²) >= 11 is 0. The number of morpholine rings is 2. The number of anilines is 3. The van der Waals surface area contributed by atoms with Gasteiger partial charge in [-0.25, -0.2) is 30.0 Å². The van der Waals surface area contributed by atoms with Crippen molar-refractivity contribution >= 4 is 76.0 Å². The van der Waals surface area contributed by atoms with Gasteiger partial charge in [-0.15, -0.1) is 0 Å². The maximum atomic E-state index is 12.6. The van der Waals surface area contributed by atoms with Gasteiger partial charge in [-0.1, -0.05) is 226 Å². The molecular weight excluding hydrogens is 1750 g/mol. The Morgan fingerprint density at radius 3 is 0.929 bits per heavy atom. The van der Waals surface area contributed by atoms with Gasteiger partial charge in [-0.05, 0) is 319 Å². The Hall–Kier alpha value is -9.02. The van der Waals surface area contributed by atoms with Crippen LogP contribution in [0.5, 0.6) is 0 Å². The molecule has 0 aromatic heterocycles. The summed E-state index contributed by atoms with van der Waals surface area (Å²) in [5, 5.41) is 35.4. The number of carbonyl (C=O) groups is 2. The molecule has 19 saturated carbocycles. The number of nitrogens with zero attached hydrogens (tertiary/aromatic N) is 8. The van der Waals surface area contributed by atoms with E-state index in [4.69, 9.17) is 29.4 Å². The van der Waals surface area contributed by atoms with Gasteiger partial charge in [0.25, 0.3) is 0 Å². The first-order valence-electron chi connectivity index (χ1n) is 57.4. The first-order chi connectivity index (χ1) is 69.3. The lowest BCUT2D eigenvalue weighted by Gasteiger charge is -2.60. The van der Waals surface area contributed by atoms with Crippen LogP contribution in [-0.2, 0) is 19.1 Å². The van der Waals surface area contributed by atoms with E-state index in [1.807, 2.05) is 121 Å². The molecule has 0 unspecified atom stereocenters. The second-order valence-electron chi connectivity index (χ2n) is 46.7. The molecule has 2 amide bonds. The normalized spacial score (nSPS) is 29.5. The number of hydrogen-bond donors (Lipinski definition) is 10. The van der Waals surface area contributed by atoms with Crippen molar-refractivity contribution in [3.8, 4) is 0 Å². The minimum Gasteiger partial charge on any atom is -0.378 e. The Balaban J connectivity index is 0.000000113. The van der Waals surface area contributed by atoms with Crippen molar-refractivity contribution in [2.45, 2.75) is 400 Å². The summed E-state index contributed by atoms with van der Waals surface area (Å²) in [4.78, 5) is 58.7. The summed E-state index contributed by atoms with van der Waals surface area (Å²) in [6, 6.07) is 52.3. The van der Waals surface area contributed by atoms with Crippen molar-refractivity contribution in [3.63, 3.8) is 0 Å². The number of carbonyl (C=O) groups excluding carboxylic acids is 2. The standard InChI is InChI=1S/C31H47N3.C20H23N3O.C19H35N3.C19H29N3.C15H27N3O2.C15H15N3O/c1-19-2-21-3-20(1)11-29(10-19,12-21)32-28(33-30-13-22-4-23(14-30)6-24(5-22)15-30)34-31-16-25-7-26(17-31)9-27(8-25)18-31;24-19(16-10-4-1-5-11-16)23-20(21-17-12-6-2-7-13-17)22-18-14-8-3-9-15-18;2*1-4-10-16(11-5-1)20-19(21-17-12-6-2-7-13-17)22-18-14-8-3-9-15-18;1-2-4-14(5-3-1)16-15(17-6-10-19-11-7-17)18-8-12-20-13-9-18;1-12(19)16-15(17-13-8-4-2-5-9-13)18-14-10-6-3-7-11-14/h19-27H,1-18H2,(H2,32,33,34);2-3,6-9,12-16H,1,4-5,10-11H2,(H2,21,22,23,24);16-18H,1-15H2,(H2,20,21,22);1,4-5,10-11,17-18H,2-3,6-9,12-15H2,(H2,20,21,22);14H,1-13H2;2-11H,1H3,(H2,16,17,18,19). The predicted molar refractivity (Wildman–Crippen MR) is 580 cm³/mol. The summed E-state index contributed by atoms with van der Waals surface area (Å²) in [7, 11) is 0. The van der Waals surface area contributed by atoms with Gasteiger partial charge in [0.1, 0.15) is 0 Å². The number of benzene rings is 5. The fourth-order valence-corrected chi connectivity index (χ4v) is 29.3. The highest BCUT2D eigenvalue weighted by Crippen LogP contribution is 2.60. The lowest BCUT2D eigenvalue weighted by atomic mass is 9.52. The van der Waals surface area contributed by atoms with Crippen LogP contribution in [0.15, 0.2) is 182 Å². The van der Waals surface area contributed by atoms with Crippen molar-refractivity contribution in [3.05, 3.63) is 152 Å². The third-order valence-electron chi connectivity index (χ3n) is 34.9. The van der Waals surface area contributed by atoms with E-state index >= 15 is 0 Å². The third-order valence-corrected chi connectivity index (χ3v) is 34.9. The van der Waals surface area contributed by atoms with Gasteiger partial charge in [-0.2, -0.15) is 0 Å². The van der Waals surface area contributed by atoms with Crippen molar-refractivity contribution in [2.24, 2.45) is 89.1 Å². The van der Waals surface area contributed by atoms with Gasteiger partial charge >= 0.3 is 0 Å². The second kappa shape index (κ2) is 52.2. The molecule has 22 nitrogen and oxygen atoms in total. The Bertz CT molecular complexity index is 4570. The summed E-state index contributed by atoms with van der Waals surface area (Å²) in [5.74, 6) is 14.5. The number of aliphatic imine (C=N–C) groups is 6. The van der Waals surface area contributed by atoms with E-state index in [1.54, 1.807) is 0 Å². The monoisotopic (exact) mass is 1920 g/mol. The average Bonchev–Trinajstić information content (AvgIpc) is 0.727. The topological polar surface area (TPSA) is 254 Å². The Morgan fingerprint density at radius 1 is 0.305 bits per heavy atom. The van der Waals surface area contributed by atoms with Crippen LogP contribution in [0, 0.1) is 59.2 Å². The fourth-order valence-electron chi connectivity index (χ4n) is 29.3. The quantitative estimate of drug-likeness (QED) is 0.0346. The molecule has 0 atom stereocenters. The summed E-state index contributed by atoms with van der Waals surface area (Å²) in [6.07, 6.45) is 72.2. The molecule has 2 heterocycles. The number of hydrogen-bond acceptors (Lipinski definition) is 10. The van der Waals surface area contributed by atoms with E-state index in [-0.39, 0.29) is 23.3 Å². The summed E-state index contributed by atoms with van der Waals surface area (Å²) in [6.45, 7) is 8.66. The molecule has 21 aliphatic rings. The van der Waals surface area contributed by atoms with Gasteiger partial charge in [0.15, 0.2) is 23.8 Å². The molecule has 766 valence electrons. The molecule has 141 heavy (non-hydrogen) atoms. The summed E-state index contributed by atoms with van der Waals surface area (Å²) < 4.78 is 11.0. The number of rotatable bonds is 15. The van der Waals surface area contributed by atoms with E-state index in [2.05, 4.69) is 103 Å². The largest absolute Gasteiger partial charge is 0.378 e. The molecule has 2 saturated heterocycles. The lowest BCUT2D eigenvalue weighted by molar-refractivity contribution is -0.124. The molecular formula is C119H176N18O4. The third kappa shape index (κ3) is 31.5. The lowest BCUT2D eigenvalue weighted by Crippen LogP contribution is -2.67. The Kier molecular flexibility index (Phi) is 37.7. The van der Waals surface area contributed by atoms with E-state index < -0.39 is 0 Å². The van der Waals surface area contributed by atoms with Crippen LogP contribution in [0.3, 0.4) is 0 Å². The van der Waals surface area contributed by atoms with Crippen LogP contribution in [0.1, 0.15) is 347 Å². The highest BCUT2D eigenvalue weighted by molar-refractivity contribution is 6.06. The number of ether oxygens (including phenoxy) is 2. The first kappa shape index (κ1) is 102. The highest BCUT2D eigenvalue weighted by Gasteiger charge is 2.57. The van der Waals surface area contributed by atoms with E-state index in [0.717, 1.165) is 172 Å². The molecule has 19 aliphatic carbocycles. The van der Waals surface area contributed by atoms with Gasteiger partial charge in [0.2, 0.25) is 23.7 Å². The van der Waals surface area contributed by atoms with Gasteiger partial charge < -0.3 is 61.8 Å². The zero-order valence-electron chi connectivity index (χ0n) is 86.0. The van der Waals surface area contributed by atoms with Gasteiger partial charge in [0, 0.05) is 85.3 Å². The van der Waals surface area contributed by atoms with Gasteiger partial charge in [0.05, 0.1) is 61.5 Å². The minimum atomic E-state index is -0.168. The average molecular weight is 1920 g/mol. The van der Waals surface area contributed by atoms with Crippen LogP contribution >= 0.6 is 0 Å². The van der Waals surface area contributed by atoms with E-state index in [0.29, 0.717) is 59.2 Å². The molecule has 22 heteroatoms. The van der Waals surface area contributed by atoms with Crippen molar-refractivity contribution in [1.82, 2.24) is 47.0 Å². The van der Waals surface area contributed by atoms with Crippen LogP contribution in [0.25, 0.3) is 0 Å². The SMILES string of the molecule is C1C2CC3CC1CC(N=C(NC14CC5CC(CC(C5)C1)C4)NC14CC5CC(CC(C5)C1)C4)(C2)C3.C1CCC(N=C(N2CCOCC2)N2CCOCC2)CC1.C1CCC(N=C(NC2CCCCC2)NC2CCCCC2)CC1.CC(=O)NC(=Nc1ccccc1)Nc1ccccc1.O=C(NC(=Nc1ccccc1)Nc1ccccc1)C1CCCCC1.c1ccc(NC(=NC2CCCCC2)NC2CCCCC2)cc1. The van der Waals surface area contributed by atoms with Crippen LogP contribution < -0.4 is 53.2 Å². The van der Waals surface area contributed by atoms with E-state index in [9.17, 15) is 9.59 Å². The number of nitrogens with one attached hydrogen (secondary N) is 10.